The summed E-state index contributed by atoms with van der Waals surface area (Å²) < 4.78 is 156. The highest BCUT2D eigenvalue weighted by Gasteiger charge is 2.74. The average Bonchev–Trinajstić information content (AvgIpc) is 3.34. The number of hydrogen-bond acceptors (Lipinski definition) is 6. The molecule has 2 heterocycles. The van der Waals surface area contributed by atoms with Crippen molar-refractivity contribution >= 4 is 25.5 Å². The van der Waals surface area contributed by atoms with Crippen LogP contribution in [0.2, 0.25) is 0 Å². The molecule has 44 heavy (non-hydrogen) atoms. The van der Waals surface area contributed by atoms with E-state index in [9.17, 15) is 57.7 Å². The maximum absolute atomic E-state index is 15.0. The van der Waals surface area contributed by atoms with Gasteiger partial charge >= 0.3 is 18.0 Å². The van der Waals surface area contributed by atoms with Gasteiger partial charge in [0.05, 0.1) is 10.9 Å². The number of fused-ring (bicyclic) bond motifs is 3. The van der Waals surface area contributed by atoms with Gasteiger partial charge in [0.25, 0.3) is 5.91 Å². The van der Waals surface area contributed by atoms with Crippen LogP contribution in [0.5, 0.6) is 0 Å². The predicted molar refractivity (Wildman–Crippen MR) is 140 cm³/mol. The number of sulfone groups is 1. The number of carbonyl (C=O) groups is 1. The zero-order valence-corrected chi connectivity index (χ0v) is 24.3. The first-order valence-electron chi connectivity index (χ1n) is 13.3. The lowest BCUT2D eigenvalue weighted by atomic mass is 9.76. The summed E-state index contributed by atoms with van der Waals surface area (Å²) in [5.41, 5.74) is -10.2. The molecule has 1 aliphatic carbocycles. The van der Waals surface area contributed by atoms with Gasteiger partial charge in [-0.25, -0.2) is 21.4 Å². The van der Waals surface area contributed by atoms with Gasteiger partial charge in [0, 0.05) is 33.3 Å². The number of hydrogen-bond donors (Lipinski definition) is 2. The molecule has 0 unspecified atom stereocenters. The average molecular weight is 675 g/mol. The lowest BCUT2D eigenvalue weighted by Gasteiger charge is -2.44. The van der Waals surface area contributed by atoms with Gasteiger partial charge in [0.15, 0.2) is 9.84 Å². The SMILES string of the molecule is N=S1(=O)CCC(O)(C(=O)N2CC[C@@]3(S(=O)(=O)c4ccc(F)cc4)c4ccc(C(F)(C(F)(F)F)C(F)(F)F)cc4CC[C@@H]23)CC1. The van der Waals surface area contributed by atoms with Crippen LogP contribution in [0.4, 0.5) is 35.1 Å². The first-order chi connectivity index (χ1) is 20.1. The molecule has 0 saturated carbocycles. The molecule has 0 bridgehead atoms. The van der Waals surface area contributed by atoms with Gasteiger partial charge in [-0.05, 0) is 67.5 Å². The molecule has 2 N–H and O–H groups in total. The number of rotatable bonds is 4. The van der Waals surface area contributed by atoms with E-state index in [1.807, 2.05) is 0 Å². The molecule has 5 rings (SSSR count). The molecule has 3 aliphatic rings. The van der Waals surface area contributed by atoms with Gasteiger partial charge in [0.1, 0.15) is 16.2 Å². The Balaban J connectivity index is 1.67. The molecule has 2 atom stereocenters. The zero-order chi connectivity index (χ0) is 32.7. The van der Waals surface area contributed by atoms with E-state index in [0.29, 0.717) is 12.1 Å². The van der Waals surface area contributed by atoms with Crippen molar-refractivity contribution in [2.75, 3.05) is 18.1 Å². The van der Waals surface area contributed by atoms with E-state index in [1.54, 1.807) is 0 Å². The van der Waals surface area contributed by atoms with Gasteiger partial charge in [-0.3, -0.25) is 9.57 Å². The minimum atomic E-state index is -6.40. The molecule has 0 spiro atoms. The Kier molecular flexibility index (Phi) is 7.49. The zero-order valence-electron chi connectivity index (χ0n) is 22.6. The molecule has 2 aromatic carbocycles. The summed E-state index contributed by atoms with van der Waals surface area (Å²) in [6.07, 6.45) is -14.5. The Morgan fingerprint density at radius 1 is 0.955 bits per heavy atom. The van der Waals surface area contributed by atoms with E-state index in [1.165, 1.54) is 0 Å². The summed E-state index contributed by atoms with van der Waals surface area (Å²) in [5, 5.41) is 11.2. The first kappa shape index (κ1) is 32.6. The van der Waals surface area contributed by atoms with Crippen LogP contribution in [0, 0.1) is 10.6 Å². The molecular formula is C27H26F8N2O5S2. The van der Waals surface area contributed by atoms with Gasteiger partial charge < -0.3 is 10.0 Å². The molecule has 1 amide bonds. The Morgan fingerprint density at radius 2 is 1.52 bits per heavy atom. The van der Waals surface area contributed by atoms with Gasteiger partial charge in [-0.15, -0.1) is 0 Å². The van der Waals surface area contributed by atoms with Crippen LogP contribution < -0.4 is 0 Å². The third kappa shape index (κ3) is 4.71. The van der Waals surface area contributed by atoms with Gasteiger partial charge in [0.2, 0.25) is 0 Å². The molecule has 242 valence electrons. The summed E-state index contributed by atoms with van der Waals surface area (Å²) in [4.78, 5) is 14.4. The Labute approximate surface area is 247 Å². The van der Waals surface area contributed by atoms with Crippen molar-refractivity contribution < 1.29 is 57.7 Å². The van der Waals surface area contributed by atoms with Crippen molar-refractivity contribution in [3.63, 3.8) is 0 Å². The highest BCUT2D eigenvalue weighted by atomic mass is 32.2. The van der Waals surface area contributed by atoms with Crippen molar-refractivity contribution in [2.24, 2.45) is 0 Å². The molecule has 7 nitrogen and oxygen atoms in total. The fourth-order valence-electron chi connectivity index (χ4n) is 6.67. The Hall–Kier alpha value is -2.79. The highest BCUT2D eigenvalue weighted by molar-refractivity contribution is 7.92. The van der Waals surface area contributed by atoms with E-state index >= 15 is 0 Å². The van der Waals surface area contributed by atoms with Crippen LogP contribution in [0.1, 0.15) is 42.4 Å². The summed E-state index contributed by atoms with van der Waals surface area (Å²) in [6, 6.07) is 3.54. The number of alkyl halides is 7. The number of halogens is 8. The lowest BCUT2D eigenvalue weighted by Crippen LogP contribution is -2.58. The number of aliphatic hydroxyl groups is 1. The van der Waals surface area contributed by atoms with Crippen LogP contribution in [-0.2, 0) is 41.2 Å². The molecular weight excluding hydrogens is 648 g/mol. The van der Waals surface area contributed by atoms with Crippen molar-refractivity contribution in [3.8, 4) is 0 Å². The summed E-state index contributed by atoms with van der Waals surface area (Å²) in [6.45, 7) is -0.304. The van der Waals surface area contributed by atoms with Crippen molar-refractivity contribution in [3.05, 3.63) is 65.0 Å². The van der Waals surface area contributed by atoms with E-state index in [-0.39, 0.29) is 60.9 Å². The largest absolute Gasteiger partial charge is 0.435 e. The fourth-order valence-corrected chi connectivity index (χ4v) is 10.6. The molecule has 0 radical (unpaired) electrons. The van der Waals surface area contributed by atoms with Gasteiger partial charge in [-0.2, -0.15) is 26.3 Å². The van der Waals surface area contributed by atoms with Crippen LogP contribution >= 0.6 is 0 Å². The second-order valence-corrected chi connectivity index (χ2v) is 16.1. The highest BCUT2D eigenvalue weighted by Crippen LogP contribution is 2.57. The Bertz CT molecular complexity index is 1680. The number of nitrogens with zero attached hydrogens (tertiary/aromatic N) is 1. The summed E-state index contributed by atoms with van der Waals surface area (Å²) in [7, 11) is -7.72. The Morgan fingerprint density at radius 3 is 2.07 bits per heavy atom. The van der Waals surface area contributed by atoms with Crippen LogP contribution in [0.15, 0.2) is 47.4 Å². The second kappa shape index (κ2) is 10.1. The van der Waals surface area contributed by atoms with Crippen molar-refractivity contribution in [2.45, 2.75) is 71.4 Å². The molecule has 2 aromatic rings. The third-order valence-corrected chi connectivity index (χ3v) is 13.3. The fraction of sp³-hybridized carbons (Fsp3) is 0.519. The smallest absolute Gasteiger partial charge is 0.380 e. The molecule has 2 fully saturated rings. The predicted octanol–water partition coefficient (Wildman–Crippen LogP) is 4.90. The topological polar surface area (TPSA) is 116 Å². The van der Waals surface area contributed by atoms with Gasteiger partial charge in [-0.1, -0.05) is 18.2 Å². The first-order valence-corrected chi connectivity index (χ1v) is 16.7. The minimum Gasteiger partial charge on any atom is -0.380 e. The quantitative estimate of drug-likeness (QED) is 0.354. The van der Waals surface area contributed by atoms with Crippen molar-refractivity contribution in [1.29, 1.82) is 4.78 Å². The number of aryl methyl sites for hydroxylation is 1. The number of benzene rings is 2. The van der Waals surface area contributed by atoms with E-state index in [0.717, 1.165) is 29.2 Å². The minimum absolute atomic E-state index is 0.230. The van der Waals surface area contributed by atoms with Crippen LogP contribution in [0.25, 0.3) is 0 Å². The molecule has 2 aliphatic heterocycles. The molecule has 2 saturated heterocycles. The standard InChI is InChI=1S/C27H26F8N2O5S2/c28-18-3-5-19(6-4-18)44(41,42)24-9-12-37(22(38)23(39)10-13-43(36,40)14-11-23)21(24)8-1-16-15-17(2-7-20(16)24)25(29,26(30,31)32)27(33,34)35/h2-7,15,21,36,39H,1,8-14H2/t21-,23?,24-,43?/m1/s1. The monoisotopic (exact) mass is 674 g/mol. The van der Waals surface area contributed by atoms with E-state index in [2.05, 4.69) is 0 Å². The van der Waals surface area contributed by atoms with E-state index < -0.39 is 82.6 Å². The normalized spacial score (nSPS) is 29.7. The maximum atomic E-state index is 15.0. The van der Waals surface area contributed by atoms with E-state index in [4.69, 9.17) is 4.78 Å². The maximum Gasteiger partial charge on any atom is 0.435 e. The van der Waals surface area contributed by atoms with Crippen molar-refractivity contribution in [1.82, 2.24) is 4.90 Å². The van der Waals surface area contributed by atoms with Crippen LogP contribution in [0.3, 0.4) is 0 Å². The lowest BCUT2D eigenvalue weighted by molar-refractivity contribution is -0.348. The van der Waals surface area contributed by atoms with Crippen LogP contribution in [-0.4, -0.2) is 70.6 Å². The number of nitrogens with one attached hydrogen (secondary N) is 1. The molecule has 0 aromatic heterocycles. The second-order valence-electron chi connectivity index (χ2n) is 11.4. The third-order valence-electron chi connectivity index (χ3n) is 9.02. The summed E-state index contributed by atoms with van der Waals surface area (Å²) in [5.74, 6) is -2.28. The number of carbonyl (C=O) groups excluding carboxylic acids is 1. The summed E-state index contributed by atoms with van der Waals surface area (Å²) >= 11 is 0. The number of likely N-dealkylation sites (tertiary alicyclic amines) is 1. The number of amides is 1. The molecule has 17 heteroatoms.